The van der Waals surface area contributed by atoms with Crippen molar-refractivity contribution in [1.82, 2.24) is 20.6 Å². The van der Waals surface area contributed by atoms with Gasteiger partial charge in [-0.25, -0.2) is 4.39 Å². The summed E-state index contributed by atoms with van der Waals surface area (Å²) in [5.41, 5.74) is 5.69. The highest BCUT2D eigenvalue weighted by Crippen LogP contribution is 2.34. The van der Waals surface area contributed by atoms with Crippen LogP contribution in [0.2, 0.25) is 0 Å². The normalized spacial score (nSPS) is 12.5. The van der Waals surface area contributed by atoms with E-state index >= 15 is 4.39 Å². The van der Waals surface area contributed by atoms with Crippen LogP contribution in [0.3, 0.4) is 0 Å². The monoisotopic (exact) mass is 801 g/mol. The summed E-state index contributed by atoms with van der Waals surface area (Å²) in [6, 6.07) is 12.3. The molecule has 310 valence electrons. The molecule has 0 aliphatic rings. The number of hydrogen-bond donors (Lipinski definition) is 5. The van der Waals surface area contributed by atoms with Crippen molar-refractivity contribution in [3.63, 3.8) is 0 Å². The highest BCUT2D eigenvalue weighted by Gasteiger charge is 2.21. The Bertz CT molecular complexity index is 2080. The van der Waals surface area contributed by atoms with Crippen molar-refractivity contribution in [2.45, 2.75) is 59.3 Å². The number of Topliss-reactive ketones (excluding diaryl/α,β-unsaturated/α-hetero) is 1. The molecule has 2 atom stereocenters. The fourth-order valence-electron chi connectivity index (χ4n) is 6.10. The summed E-state index contributed by atoms with van der Waals surface area (Å²) in [5.74, 6) is -1.11. The van der Waals surface area contributed by atoms with E-state index < -0.39 is 36.4 Å². The van der Waals surface area contributed by atoms with E-state index in [1.807, 2.05) is 45.0 Å². The number of ether oxygens (including phenoxy) is 4. The number of nitrogens with one attached hydrogen (secondary N) is 3. The van der Waals surface area contributed by atoms with E-state index in [1.54, 1.807) is 19.1 Å². The Morgan fingerprint density at radius 1 is 0.810 bits per heavy atom. The molecule has 2 aromatic carbocycles. The molecular formula is C43H52FN5O9. The van der Waals surface area contributed by atoms with Crippen LogP contribution < -0.4 is 25.4 Å². The molecule has 4 aromatic rings. The van der Waals surface area contributed by atoms with Crippen molar-refractivity contribution in [3.8, 4) is 22.6 Å². The summed E-state index contributed by atoms with van der Waals surface area (Å²) >= 11 is 0. The van der Waals surface area contributed by atoms with Gasteiger partial charge in [-0.15, -0.1) is 0 Å². The number of anilines is 1. The van der Waals surface area contributed by atoms with Gasteiger partial charge in [-0.1, -0.05) is 30.3 Å². The third kappa shape index (κ3) is 11.7. The van der Waals surface area contributed by atoms with Crippen LogP contribution >= 0.6 is 0 Å². The molecule has 0 unspecified atom stereocenters. The third-order valence-corrected chi connectivity index (χ3v) is 9.43. The van der Waals surface area contributed by atoms with Gasteiger partial charge in [0.2, 0.25) is 0 Å². The number of rotatable bonds is 22. The van der Waals surface area contributed by atoms with Gasteiger partial charge in [-0.3, -0.25) is 29.7 Å². The molecule has 4 rings (SSSR count). The average Bonchev–Trinajstić information content (AvgIpc) is 3.23. The predicted octanol–water partition coefficient (Wildman–Crippen LogP) is 4.96. The van der Waals surface area contributed by atoms with Gasteiger partial charge in [-0.05, 0) is 67.7 Å². The fourth-order valence-corrected chi connectivity index (χ4v) is 6.10. The van der Waals surface area contributed by atoms with Gasteiger partial charge in [0.05, 0.1) is 46.7 Å². The van der Waals surface area contributed by atoms with Crippen LogP contribution in [0.5, 0.6) is 11.5 Å². The quantitative estimate of drug-likeness (QED) is 0.0531. The maximum atomic E-state index is 15.8. The standard InChI is InChI=1S/C43H52FN5O9/c1-7-57-16-15-39(52)37(24-50)47-22-30-21-46-36(19-41(30)56-6)42(53)49-34-14-10-13-32(27(34)4)31-12-9-11-28(26(31)3)17-33(44)35-18-40(55-5)29(20-45-35)23-48-38(25-51)43(54)58-8-2/h9-14,17-21,37-38,47-48,50-51H,7-8,15-16,22-25H2,1-6H3,(H,49,53)/b33-17-/t37-,38-/m0/s1. The van der Waals surface area contributed by atoms with Gasteiger partial charge in [0.15, 0.2) is 5.78 Å². The highest BCUT2D eigenvalue weighted by molar-refractivity contribution is 6.04. The Balaban J connectivity index is 1.50. The number of nitrogens with zero attached hydrogens (tertiary/aromatic N) is 2. The number of halogens is 1. The van der Waals surface area contributed by atoms with E-state index in [9.17, 15) is 24.6 Å². The largest absolute Gasteiger partial charge is 0.496 e. The first-order valence-electron chi connectivity index (χ1n) is 18.9. The molecule has 0 fully saturated rings. The molecule has 14 nitrogen and oxygen atoms in total. The number of aromatic nitrogens is 2. The topological polar surface area (TPSA) is 190 Å². The lowest BCUT2D eigenvalue weighted by Gasteiger charge is -2.17. The van der Waals surface area contributed by atoms with E-state index in [-0.39, 0.29) is 56.5 Å². The Morgan fingerprint density at radius 2 is 1.40 bits per heavy atom. The molecule has 0 saturated carbocycles. The highest BCUT2D eigenvalue weighted by atomic mass is 19.1. The number of ketones is 1. The molecule has 58 heavy (non-hydrogen) atoms. The van der Waals surface area contributed by atoms with Crippen molar-refractivity contribution in [3.05, 3.63) is 100 Å². The molecule has 15 heteroatoms. The van der Waals surface area contributed by atoms with E-state index in [1.165, 1.54) is 44.8 Å². The molecule has 0 radical (unpaired) electrons. The molecule has 0 spiro atoms. The Labute approximate surface area is 337 Å². The number of aliphatic hydroxyl groups is 2. The van der Waals surface area contributed by atoms with Crippen LogP contribution in [0.1, 0.15) is 64.3 Å². The lowest BCUT2D eigenvalue weighted by molar-refractivity contribution is -0.146. The summed E-state index contributed by atoms with van der Waals surface area (Å²) in [5, 5.41) is 28.2. The first kappa shape index (κ1) is 45.1. The number of amides is 1. The Kier molecular flexibility index (Phi) is 17.4. The molecule has 0 aliphatic heterocycles. The maximum Gasteiger partial charge on any atom is 0.325 e. The first-order valence-corrected chi connectivity index (χ1v) is 18.9. The zero-order valence-corrected chi connectivity index (χ0v) is 33.7. The summed E-state index contributed by atoms with van der Waals surface area (Å²) in [7, 11) is 2.91. The third-order valence-electron chi connectivity index (χ3n) is 9.43. The molecule has 1 amide bonds. The van der Waals surface area contributed by atoms with E-state index in [0.717, 1.165) is 22.3 Å². The summed E-state index contributed by atoms with van der Waals surface area (Å²) in [4.78, 5) is 46.6. The zero-order chi connectivity index (χ0) is 42.2. The zero-order valence-electron chi connectivity index (χ0n) is 33.7. The number of benzene rings is 2. The van der Waals surface area contributed by atoms with Crippen molar-refractivity contribution < 1.29 is 47.9 Å². The number of esters is 1. The fraction of sp³-hybridized carbons (Fsp3) is 0.372. The lowest BCUT2D eigenvalue weighted by Crippen LogP contribution is -2.40. The molecule has 2 heterocycles. The van der Waals surface area contributed by atoms with Crippen LogP contribution in [-0.2, 0) is 32.2 Å². The number of methoxy groups -OCH3 is 2. The van der Waals surface area contributed by atoms with E-state index in [0.29, 0.717) is 40.5 Å². The minimum atomic E-state index is -0.937. The second kappa shape index (κ2) is 22.4. The van der Waals surface area contributed by atoms with E-state index in [4.69, 9.17) is 18.9 Å². The van der Waals surface area contributed by atoms with Gasteiger partial charge in [0, 0.05) is 67.5 Å². The molecular weight excluding hydrogens is 749 g/mol. The van der Waals surface area contributed by atoms with Crippen molar-refractivity contribution in [1.29, 1.82) is 0 Å². The smallest absolute Gasteiger partial charge is 0.325 e. The van der Waals surface area contributed by atoms with Crippen LogP contribution in [0, 0.1) is 13.8 Å². The van der Waals surface area contributed by atoms with Crippen LogP contribution in [-0.4, -0.2) is 97.2 Å². The summed E-state index contributed by atoms with van der Waals surface area (Å²) in [6.45, 7) is 7.67. The molecule has 0 aliphatic carbocycles. The Morgan fingerprint density at radius 3 is 2.00 bits per heavy atom. The average molecular weight is 802 g/mol. The SMILES string of the molecule is CCOCCC(=O)[C@H](CO)NCc1cnc(C(=O)Nc2cccc(-c3cccc(/C=C(\F)c4cc(OC)c(CN[C@@H](CO)C(=O)OCC)cn4)c3C)c2C)cc1OC. The van der Waals surface area contributed by atoms with Crippen LogP contribution in [0.25, 0.3) is 23.0 Å². The van der Waals surface area contributed by atoms with E-state index in [2.05, 4.69) is 25.9 Å². The van der Waals surface area contributed by atoms with Crippen molar-refractivity contribution in [2.75, 3.05) is 52.6 Å². The number of hydrogen-bond acceptors (Lipinski definition) is 13. The molecule has 5 N–H and O–H groups in total. The summed E-state index contributed by atoms with van der Waals surface area (Å²) < 4.78 is 37.0. The van der Waals surface area contributed by atoms with Gasteiger partial charge in [0.25, 0.3) is 5.91 Å². The predicted molar refractivity (Wildman–Crippen MR) is 218 cm³/mol. The van der Waals surface area contributed by atoms with Gasteiger partial charge in [-0.2, -0.15) is 0 Å². The minimum Gasteiger partial charge on any atom is -0.496 e. The second-order valence-electron chi connectivity index (χ2n) is 13.1. The van der Waals surface area contributed by atoms with Gasteiger partial charge < -0.3 is 39.8 Å². The summed E-state index contributed by atoms with van der Waals surface area (Å²) in [6.07, 6.45) is 4.50. The molecule has 2 aromatic heterocycles. The molecule has 0 saturated heterocycles. The van der Waals surface area contributed by atoms with Crippen molar-refractivity contribution >= 4 is 35.3 Å². The number of carbonyl (C=O) groups is 3. The number of carbonyl (C=O) groups excluding carboxylic acids is 3. The molecule has 0 bridgehead atoms. The van der Waals surface area contributed by atoms with Crippen LogP contribution in [0.15, 0.2) is 60.9 Å². The Hall–Kier alpha value is -5.58. The number of pyridine rings is 2. The van der Waals surface area contributed by atoms with Crippen molar-refractivity contribution in [2.24, 2.45) is 0 Å². The van der Waals surface area contributed by atoms with Crippen LogP contribution in [0.4, 0.5) is 10.1 Å². The first-order chi connectivity index (χ1) is 28.0. The maximum absolute atomic E-state index is 15.8. The van der Waals surface area contributed by atoms with Gasteiger partial charge >= 0.3 is 5.97 Å². The lowest BCUT2D eigenvalue weighted by atomic mass is 9.92. The number of aliphatic hydroxyl groups excluding tert-OH is 2. The van der Waals surface area contributed by atoms with Gasteiger partial charge in [0.1, 0.15) is 34.8 Å². The second-order valence-corrected chi connectivity index (χ2v) is 13.1. The minimum absolute atomic E-state index is 0.0442.